The van der Waals surface area contributed by atoms with E-state index in [4.69, 9.17) is 22.1 Å². The van der Waals surface area contributed by atoms with E-state index >= 15 is 0 Å². The molecular formula is C18H19ClN4O3. The van der Waals surface area contributed by atoms with Crippen LogP contribution in [-0.4, -0.2) is 48.4 Å². The maximum absolute atomic E-state index is 10.4. The smallest absolute Gasteiger partial charge is 0.157 e. The third-order valence-electron chi connectivity index (χ3n) is 4.87. The second-order valence-electron chi connectivity index (χ2n) is 6.58. The van der Waals surface area contributed by atoms with Crippen LogP contribution in [0.3, 0.4) is 0 Å². The Kier molecular flexibility index (Phi) is 4.11. The van der Waals surface area contributed by atoms with E-state index in [0.717, 1.165) is 11.1 Å². The minimum absolute atomic E-state index is 0.332. The Balaban J connectivity index is 1.94. The van der Waals surface area contributed by atoms with Gasteiger partial charge < -0.3 is 25.3 Å². The van der Waals surface area contributed by atoms with E-state index in [-0.39, 0.29) is 6.61 Å². The molecule has 1 aliphatic rings. The third-order valence-corrected chi connectivity index (χ3v) is 5.28. The van der Waals surface area contributed by atoms with Crippen LogP contribution in [0.5, 0.6) is 0 Å². The fraction of sp³-hybridized carbons (Fsp3) is 0.333. The molecule has 0 radical (unpaired) electrons. The molecule has 1 aromatic carbocycles. The van der Waals surface area contributed by atoms with Crippen molar-refractivity contribution in [2.75, 3.05) is 12.3 Å². The first-order valence-corrected chi connectivity index (χ1v) is 8.62. The highest BCUT2D eigenvalue weighted by Gasteiger charge is 2.53. The topological polar surface area (TPSA) is 106 Å². The number of nitrogens with two attached hydrogens (primary N) is 1. The summed E-state index contributed by atoms with van der Waals surface area (Å²) < 4.78 is 7.60. The summed E-state index contributed by atoms with van der Waals surface area (Å²) in [6, 6.07) is 9.73. The molecule has 3 aromatic rings. The lowest BCUT2D eigenvalue weighted by molar-refractivity contribution is -0.0439. The molecule has 2 unspecified atom stereocenters. The average molecular weight is 375 g/mol. The Morgan fingerprint density at radius 3 is 2.69 bits per heavy atom. The third kappa shape index (κ3) is 2.47. The fourth-order valence-corrected chi connectivity index (χ4v) is 3.78. The summed E-state index contributed by atoms with van der Waals surface area (Å²) in [6.07, 6.45) is 0.688. The molecule has 1 fully saturated rings. The van der Waals surface area contributed by atoms with Crippen molar-refractivity contribution in [3.05, 3.63) is 42.9 Å². The summed E-state index contributed by atoms with van der Waals surface area (Å²) >= 11 is 6.61. The van der Waals surface area contributed by atoms with E-state index in [9.17, 15) is 10.2 Å². The van der Waals surface area contributed by atoms with Gasteiger partial charge in [-0.2, -0.15) is 0 Å². The first-order valence-electron chi connectivity index (χ1n) is 8.25. The molecule has 0 aliphatic carbocycles. The van der Waals surface area contributed by atoms with Crippen molar-refractivity contribution in [2.24, 2.45) is 0 Å². The van der Waals surface area contributed by atoms with Gasteiger partial charge in [-0.3, -0.25) is 0 Å². The van der Waals surface area contributed by atoms with Crippen LogP contribution in [-0.2, 0) is 4.74 Å². The second kappa shape index (κ2) is 6.21. The lowest BCUT2D eigenvalue weighted by Crippen LogP contribution is -2.39. The van der Waals surface area contributed by atoms with Crippen LogP contribution < -0.4 is 5.73 Å². The van der Waals surface area contributed by atoms with Crippen LogP contribution in [0.2, 0.25) is 0 Å². The molecule has 4 atom stereocenters. The summed E-state index contributed by atoms with van der Waals surface area (Å²) in [5, 5.41) is 20.6. The number of aliphatic hydroxyl groups is 2. The number of ether oxygens (including phenoxy) is 1. The standard InChI is InChI=1S/C18H19ClN4O3/c1-18(19)14(25)12(8-24)26-17(18)23-7-11(10-5-3-2-4-6-10)13-15(20)21-9-22-16(13)23/h2-7,9,12,14,17,24-25H,8H2,1H3,(H2,20,21,22)/t12?,14?,17-,18-/m1/s1. The molecular weight excluding hydrogens is 356 g/mol. The van der Waals surface area contributed by atoms with Crippen LogP contribution in [0.25, 0.3) is 22.2 Å². The van der Waals surface area contributed by atoms with Crippen molar-refractivity contribution < 1.29 is 14.9 Å². The van der Waals surface area contributed by atoms with Crippen LogP contribution in [0.15, 0.2) is 42.9 Å². The van der Waals surface area contributed by atoms with Gasteiger partial charge in [0, 0.05) is 11.8 Å². The summed E-state index contributed by atoms with van der Waals surface area (Å²) in [6.45, 7) is 1.35. The van der Waals surface area contributed by atoms with Crippen molar-refractivity contribution in [2.45, 2.75) is 30.2 Å². The molecule has 0 spiro atoms. The number of halogens is 1. The molecule has 1 saturated heterocycles. The van der Waals surface area contributed by atoms with Gasteiger partial charge in [0.25, 0.3) is 0 Å². The van der Waals surface area contributed by atoms with E-state index in [0.29, 0.717) is 16.9 Å². The van der Waals surface area contributed by atoms with Crippen LogP contribution in [0.1, 0.15) is 13.2 Å². The van der Waals surface area contributed by atoms with Gasteiger partial charge in [0.05, 0.1) is 12.0 Å². The Morgan fingerprint density at radius 2 is 2.04 bits per heavy atom. The maximum Gasteiger partial charge on any atom is 0.157 e. The van der Waals surface area contributed by atoms with Crippen LogP contribution >= 0.6 is 11.6 Å². The van der Waals surface area contributed by atoms with Gasteiger partial charge in [0.2, 0.25) is 0 Å². The first kappa shape index (κ1) is 17.2. The number of anilines is 1. The van der Waals surface area contributed by atoms with Gasteiger partial charge in [-0.05, 0) is 12.5 Å². The minimum Gasteiger partial charge on any atom is -0.394 e. The van der Waals surface area contributed by atoms with Crippen LogP contribution in [0.4, 0.5) is 5.82 Å². The van der Waals surface area contributed by atoms with Gasteiger partial charge >= 0.3 is 0 Å². The number of fused-ring (bicyclic) bond motifs is 1. The number of hydrogen-bond acceptors (Lipinski definition) is 6. The van der Waals surface area contributed by atoms with E-state index in [1.807, 2.05) is 36.5 Å². The molecule has 4 rings (SSSR count). The largest absolute Gasteiger partial charge is 0.394 e. The zero-order valence-electron chi connectivity index (χ0n) is 14.1. The lowest BCUT2D eigenvalue weighted by atomic mass is 10.0. The normalized spacial score (nSPS) is 28.7. The predicted molar refractivity (Wildman–Crippen MR) is 98.6 cm³/mol. The number of alkyl halides is 1. The number of hydrogen-bond donors (Lipinski definition) is 3. The zero-order chi connectivity index (χ0) is 18.5. The minimum atomic E-state index is -1.15. The maximum atomic E-state index is 10.4. The van der Waals surface area contributed by atoms with Crippen LogP contribution in [0, 0.1) is 0 Å². The highest BCUT2D eigenvalue weighted by Crippen LogP contribution is 2.46. The van der Waals surface area contributed by atoms with E-state index in [1.165, 1.54) is 6.33 Å². The van der Waals surface area contributed by atoms with Crippen molar-refractivity contribution in [1.82, 2.24) is 14.5 Å². The SMILES string of the molecule is C[C@@]1(Cl)C(O)C(CO)O[C@H]1n1cc(-c2ccccc2)c2c(N)ncnc21. The molecule has 7 nitrogen and oxygen atoms in total. The predicted octanol–water partition coefficient (Wildman–Crippen LogP) is 1.93. The summed E-state index contributed by atoms with van der Waals surface area (Å²) in [4.78, 5) is 7.32. The number of rotatable bonds is 3. The molecule has 3 heterocycles. The van der Waals surface area contributed by atoms with Gasteiger partial charge in [0.15, 0.2) is 6.23 Å². The lowest BCUT2D eigenvalue weighted by Gasteiger charge is -2.26. The summed E-state index contributed by atoms with van der Waals surface area (Å²) in [5.41, 5.74) is 8.48. The highest BCUT2D eigenvalue weighted by atomic mass is 35.5. The first-order chi connectivity index (χ1) is 12.4. The van der Waals surface area contributed by atoms with Crippen molar-refractivity contribution in [3.63, 3.8) is 0 Å². The monoisotopic (exact) mass is 374 g/mol. The Hall–Kier alpha value is -2.19. The Labute approximate surface area is 155 Å². The Bertz CT molecular complexity index is 944. The van der Waals surface area contributed by atoms with Crippen molar-refractivity contribution in [1.29, 1.82) is 0 Å². The molecule has 1 aliphatic heterocycles. The van der Waals surface area contributed by atoms with E-state index in [1.54, 1.807) is 11.5 Å². The molecule has 0 saturated carbocycles. The number of aromatic nitrogens is 3. The van der Waals surface area contributed by atoms with E-state index < -0.39 is 23.3 Å². The summed E-state index contributed by atoms with van der Waals surface area (Å²) in [7, 11) is 0. The highest BCUT2D eigenvalue weighted by molar-refractivity contribution is 6.24. The number of aliphatic hydroxyl groups excluding tert-OH is 2. The summed E-state index contributed by atoms with van der Waals surface area (Å²) in [5.74, 6) is 0.348. The molecule has 0 amide bonds. The molecule has 136 valence electrons. The number of nitrogens with zero attached hydrogens (tertiary/aromatic N) is 3. The number of nitrogen functional groups attached to an aromatic ring is 1. The second-order valence-corrected chi connectivity index (χ2v) is 7.39. The Morgan fingerprint density at radius 1 is 1.31 bits per heavy atom. The molecule has 26 heavy (non-hydrogen) atoms. The van der Waals surface area contributed by atoms with Gasteiger partial charge in [0.1, 0.15) is 34.9 Å². The van der Waals surface area contributed by atoms with Gasteiger partial charge in [-0.25, -0.2) is 9.97 Å². The van der Waals surface area contributed by atoms with Gasteiger partial charge in [-0.15, -0.1) is 11.6 Å². The van der Waals surface area contributed by atoms with Crippen molar-refractivity contribution in [3.8, 4) is 11.1 Å². The molecule has 8 heteroatoms. The average Bonchev–Trinajstić information content (AvgIpc) is 3.13. The zero-order valence-corrected chi connectivity index (χ0v) is 14.8. The number of benzene rings is 1. The molecule has 0 bridgehead atoms. The van der Waals surface area contributed by atoms with E-state index in [2.05, 4.69) is 9.97 Å². The molecule has 4 N–H and O–H groups in total. The quantitative estimate of drug-likeness (QED) is 0.605. The fourth-order valence-electron chi connectivity index (χ4n) is 3.49. The molecule has 2 aromatic heterocycles. The van der Waals surface area contributed by atoms with Crippen molar-refractivity contribution >= 4 is 28.5 Å². The van der Waals surface area contributed by atoms with Gasteiger partial charge in [-0.1, -0.05) is 30.3 Å².